The van der Waals surface area contributed by atoms with Gasteiger partial charge in [0.05, 0.1) is 11.6 Å². The molecule has 2 amide bonds. The molecule has 7 rings (SSSR count). The summed E-state index contributed by atoms with van der Waals surface area (Å²) >= 11 is 0. The second-order valence-electron chi connectivity index (χ2n) is 11.1. The number of rotatable bonds is 9. The molecule has 9 nitrogen and oxygen atoms in total. The summed E-state index contributed by atoms with van der Waals surface area (Å²) < 4.78 is 9.70. The van der Waals surface area contributed by atoms with Crippen LogP contribution in [-0.4, -0.2) is 61.6 Å². The standard InChI is InChI=1S/C32H34N6O3/c1-2-36-27-11-5-3-9-24(27)25-18-21(13-16-28(25)36)31(32(40)33-19-23-8-7-17-41-23)38(22-14-15-22)30(39)20-37-29-12-6-4-10-26(29)34-35-37/h3-6,9-13,16,18,22-23,31H,2,7-8,14-15,17,19-20H2,1H3,(H,33,40)/t23-,31+/m0/s1. The van der Waals surface area contributed by atoms with Gasteiger partial charge in [0, 0.05) is 47.5 Å². The first kappa shape index (κ1) is 25.7. The third-order valence-electron chi connectivity index (χ3n) is 8.42. The van der Waals surface area contributed by atoms with Crippen molar-refractivity contribution in [3.8, 4) is 0 Å². The van der Waals surface area contributed by atoms with Crippen molar-refractivity contribution >= 4 is 44.7 Å². The Labute approximate surface area is 238 Å². The summed E-state index contributed by atoms with van der Waals surface area (Å²) in [4.78, 5) is 29.9. The molecule has 2 aromatic heterocycles. The van der Waals surface area contributed by atoms with Crippen LogP contribution in [0.15, 0.2) is 66.7 Å². The molecule has 3 aromatic carbocycles. The zero-order valence-electron chi connectivity index (χ0n) is 23.2. The smallest absolute Gasteiger partial charge is 0.247 e. The van der Waals surface area contributed by atoms with Crippen molar-refractivity contribution in [3.05, 3.63) is 72.3 Å². The van der Waals surface area contributed by atoms with Crippen molar-refractivity contribution in [2.24, 2.45) is 0 Å². The van der Waals surface area contributed by atoms with Gasteiger partial charge in [-0.3, -0.25) is 9.59 Å². The van der Waals surface area contributed by atoms with Gasteiger partial charge in [0.1, 0.15) is 18.1 Å². The van der Waals surface area contributed by atoms with E-state index in [1.165, 1.54) is 0 Å². The molecular formula is C32H34N6O3. The Kier molecular flexibility index (Phi) is 6.66. The van der Waals surface area contributed by atoms with Gasteiger partial charge >= 0.3 is 0 Å². The maximum absolute atomic E-state index is 14.1. The number of hydrogen-bond acceptors (Lipinski definition) is 5. The Morgan fingerprint density at radius 2 is 1.78 bits per heavy atom. The van der Waals surface area contributed by atoms with Crippen molar-refractivity contribution in [2.45, 2.75) is 63.9 Å². The topological polar surface area (TPSA) is 94.3 Å². The third-order valence-corrected chi connectivity index (χ3v) is 8.42. The summed E-state index contributed by atoms with van der Waals surface area (Å²) in [6.45, 7) is 4.16. The van der Waals surface area contributed by atoms with Crippen molar-refractivity contribution in [2.75, 3.05) is 13.2 Å². The van der Waals surface area contributed by atoms with Gasteiger partial charge in [-0.1, -0.05) is 41.6 Å². The number of amides is 2. The molecule has 5 aromatic rings. The number of aromatic nitrogens is 4. The normalized spacial score (nSPS) is 17.8. The fourth-order valence-electron chi connectivity index (χ4n) is 6.29. The minimum Gasteiger partial charge on any atom is -0.376 e. The number of nitrogens with one attached hydrogen (secondary N) is 1. The number of para-hydroxylation sites is 2. The molecule has 2 atom stereocenters. The number of nitrogens with zero attached hydrogens (tertiary/aromatic N) is 5. The summed E-state index contributed by atoms with van der Waals surface area (Å²) in [5, 5.41) is 13.8. The lowest BCUT2D eigenvalue weighted by Crippen LogP contribution is -2.47. The highest BCUT2D eigenvalue weighted by molar-refractivity contribution is 6.08. The van der Waals surface area contributed by atoms with Crippen LogP contribution >= 0.6 is 0 Å². The number of hydrogen-bond donors (Lipinski definition) is 1. The predicted molar refractivity (Wildman–Crippen MR) is 157 cm³/mol. The van der Waals surface area contributed by atoms with Crippen LogP contribution in [0.2, 0.25) is 0 Å². The molecule has 0 unspecified atom stereocenters. The highest BCUT2D eigenvalue weighted by Crippen LogP contribution is 2.38. The van der Waals surface area contributed by atoms with E-state index in [1.807, 2.05) is 36.4 Å². The fourth-order valence-corrected chi connectivity index (χ4v) is 6.29. The Morgan fingerprint density at radius 3 is 2.56 bits per heavy atom. The zero-order chi connectivity index (χ0) is 27.9. The number of aryl methyl sites for hydroxylation is 1. The Bertz CT molecular complexity index is 1750. The minimum atomic E-state index is -0.765. The van der Waals surface area contributed by atoms with Gasteiger partial charge in [-0.25, -0.2) is 4.68 Å². The van der Waals surface area contributed by atoms with Crippen molar-refractivity contribution in [3.63, 3.8) is 0 Å². The first-order valence-corrected chi connectivity index (χ1v) is 14.6. The molecule has 1 aliphatic heterocycles. The second kappa shape index (κ2) is 10.6. The van der Waals surface area contributed by atoms with Gasteiger partial charge in [-0.2, -0.15) is 0 Å². The van der Waals surface area contributed by atoms with E-state index in [2.05, 4.69) is 57.5 Å². The van der Waals surface area contributed by atoms with E-state index in [0.29, 0.717) is 6.54 Å². The van der Waals surface area contributed by atoms with Gasteiger partial charge in [-0.15, -0.1) is 5.10 Å². The molecule has 3 heterocycles. The van der Waals surface area contributed by atoms with Crippen LogP contribution in [0.25, 0.3) is 32.8 Å². The van der Waals surface area contributed by atoms with Gasteiger partial charge in [0.25, 0.3) is 0 Å². The SMILES string of the molecule is CCn1c2ccccc2c2cc([C@H](C(=O)NC[C@@H]3CCCO3)N(C(=O)Cn3nnc4ccccc43)C3CC3)ccc21. The summed E-state index contributed by atoms with van der Waals surface area (Å²) in [6, 6.07) is 21.4. The van der Waals surface area contributed by atoms with E-state index in [4.69, 9.17) is 4.74 Å². The Hall–Kier alpha value is -4.24. The molecular weight excluding hydrogens is 516 g/mol. The maximum Gasteiger partial charge on any atom is 0.247 e. The van der Waals surface area contributed by atoms with Gasteiger partial charge in [0.15, 0.2) is 0 Å². The highest BCUT2D eigenvalue weighted by atomic mass is 16.5. The molecule has 2 fully saturated rings. The van der Waals surface area contributed by atoms with E-state index in [-0.39, 0.29) is 30.5 Å². The van der Waals surface area contributed by atoms with Crippen LogP contribution in [0.3, 0.4) is 0 Å². The third kappa shape index (κ3) is 4.74. The number of fused-ring (bicyclic) bond motifs is 4. The Morgan fingerprint density at radius 1 is 1.00 bits per heavy atom. The molecule has 210 valence electrons. The number of carbonyl (C=O) groups excluding carboxylic acids is 2. The number of ether oxygens (including phenoxy) is 1. The maximum atomic E-state index is 14.1. The van der Waals surface area contributed by atoms with Crippen LogP contribution < -0.4 is 5.32 Å². The number of carbonyl (C=O) groups is 2. The van der Waals surface area contributed by atoms with E-state index in [1.54, 1.807) is 9.58 Å². The second-order valence-corrected chi connectivity index (χ2v) is 11.1. The molecule has 1 aliphatic carbocycles. The van der Waals surface area contributed by atoms with Gasteiger partial charge in [-0.05, 0) is 68.5 Å². The van der Waals surface area contributed by atoms with Crippen LogP contribution in [0.5, 0.6) is 0 Å². The first-order chi connectivity index (χ1) is 20.1. The molecule has 0 bridgehead atoms. The molecule has 0 spiro atoms. The van der Waals surface area contributed by atoms with E-state index >= 15 is 0 Å². The summed E-state index contributed by atoms with van der Waals surface area (Å²) in [5.74, 6) is -0.320. The lowest BCUT2D eigenvalue weighted by atomic mass is 10.0. The average Bonchev–Trinajstić information content (AvgIpc) is 3.40. The number of benzene rings is 3. The Balaban J connectivity index is 1.28. The lowest BCUT2D eigenvalue weighted by molar-refractivity contribution is -0.142. The predicted octanol–water partition coefficient (Wildman–Crippen LogP) is 4.59. The van der Waals surface area contributed by atoms with Gasteiger partial charge < -0.3 is 19.5 Å². The van der Waals surface area contributed by atoms with Crippen molar-refractivity contribution in [1.82, 2.24) is 29.8 Å². The molecule has 1 N–H and O–H groups in total. The first-order valence-electron chi connectivity index (χ1n) is 14.6. The molecule has 0 radical (unpaired) electrons. The zero-order valence-corrected chi connectivity index (χ0v) is 23.2. The van der Waals surface area contributed by atoms with Crippen LogP contribution in [0, 0.1) is 0 Å². The van der Waals surface area contributed by atoms with Crippen LogP contribution in [-0.2, 0) is 27.4 Å². The van der Waals surface area contributed by atoms with E-state index in [0.717, 1.165) is 77.2 Å². The molecule has 2 aliphatic rings. The minimum absolute atomic E-state index is 0.00319. The largest absolute Gasteiger partial charge is 0.376 e. The lowest BCUT2D eigenvalue weighted by Gasteiger charge is -2.32. The van der Waals surface area contributed by atoms with Crippen LogP contribution in [0.4, 0.5) is 0 Å². The van der Waals surface area contributed by atoms with E-state index in [9.17, 15) is 9.59 Å². The summed E-state index contributed by atoms with van der Waals surface area (Å²) in [6.07, 6.45) is 3.68. The quantitative estimate of drug-likeness (QED) is 0.290. The van der Waals surface area contributed by atoms with Gasteiger partial charge in [0.2, 0.25) is 11.8 Å². The molecule has 1 saturated carbocycles. The average molecular weight is 551 g/mol. The fraction of sp³-hybridized carbons (Fsp3) is 0.375. The van der Waals surface area contributed by atoms with Crippen LogP contribution in [0.1, 0.15) is 44.2 Å². The van der Waals surface area contributed by atoms with Crippen molar-refractivity contribution < 1.29 is 14.3 Å². The molecule has 9 heteroatoms. The monoisotopic (exact) mass is 550 g/mol. The summed E-state index contributed by atoms with van der Waals surface area (Å²) in [5.41, 5.74) is 4.63. The highest BCUT2D eigenvalue weighted by Gasteiger charge is 2.42. The van der Waals surface area contributed by atoms with Crippen molar-refractivity contribution in [1.29, 1.82) is 0 Å². The van der Waals surface area contributed by atoms with E-state index < -0.39 is 6.04 Å². The summed E-state index contributed by atoms with van der Waals surface area (Å²) in [7, 11) is 0. The molecule has 1 saturated heterocycles. The molecule has 41 heavy (non-hydrogen) atoms.